The van der Waals surface area contributed by atoms with Crippen molar-refractivity contribution in [3.05, 3.63) is 152 Å². The van der Waals surface area contributed by atoms with E-state index in [1.165, 1.54) is 11.1 Å². The minimum Gasteiger partial charge on any atom is -0.454 e. The molecule has 0 saturated heterocycles. The van der Waals surface area contributed by atoms with Gasteiger partial charge in [0.1, 0.15) is 11.3 Å². The van der Waals surface area contributed by atoms with Crippen LogP contribution in [0.2, 0.25) is 0 Å². The maximum absolute atomic E-state index is 6.47. The zero-order chi connectivity index (χ0) is 29.7. The molecule has 0 aliphatic carbocycles. The maximum Gasteiger partial charge on any atom is 0.162 e. The van der Waals surface area contributed by atoms with Gasteiger partial charge in [-0.3, -0.25) is 0 Å². The fourth-order valence-corrected chi connectivity index (χ4v) is 6.31. The van der Waals surface area contributed by atoms with Crippen LogP contribution in [0.1, 0.15) is 0 Å². The molecule has 3 aromatic heterocycles. The minimum atomic E-state index is 0.666. The lowest BCUT2D eigenvalue weighted by molar-refractivity contribution is 0.669. The third-order valence-corrected chi connectivity index (χ3v) is 8.48. The zero-order valence-electron chi connectivity index (χ0n) is 24.2. The normalized spacial score (nSPS) is 11.6. The highest BCUT2D eigenvalue weighted by Gasteiger charge is 2.18. The first kappa shape index (κ1) is 25.4. The first-order valence-corrected chi connectivity index (χ1v) is 15.0. The van der Waals surface area contributed by atoms with Crippen LogP contribution in [0.15, 0.2) is 156 Å². The molecule has 6 aromatic carbocycles. The van der Waals surface area contributed by atoms with Crippen molar-refractivity contribution in [1.29, 1.82) is 0 Å². The molecule has 4 heteroatoms. The molecule has 0 saturated carbocycles. The minimum absolute atomic E-state index is 0.666. The molecule has 3 heterocycles. The highest BCUT2D eigenvalue weighted by atomic mass is 16.3. The standard InChI is InChI=1S/C41H25N3O/c1-2-11-26(12-3-1)27-21-23-28(24-22-27)38-32-16-5-8-19-35(32)43-41(44-38)30-14-10-13-29(25-30)39-40-37(31-15-4-7-18-34(31)42-39)33-17-6-9-20-36(33)45-40/h1-25H. The number of hydrogen-bond acceptors (Lipinski definition) is 4. The summed E-state index contributed by atoms with van der Waals surface area (Å²) in [7, 11) is 0. The number of nitrogens with zero attached hydrogens (tertiary/aromatic N) is 3. The van der Waals surface area contributed by atoms with E-state index in [2.05, 4.69) is 109 Å². The predicted molar refractivity (Wildman–Crippen MR) is 184 cm³/mol. The predicted octanol–water partition coefficient (Wildman–Crippen LogP) is 10.7. The van der Waals surface area contributed by atoms with Crippen LogP contribution >= 0.6 is 0 Å². The van der Waals surface area contributed by atoms with Crippen molar-refractivity contribution in [2.45, 2.75) is 0 Å². The number of pyridine rings is 1. The highest BCUT2D eigenvalue weighted by Crippen LogP contribution is 2.40. The Labute approximate surface area is 259 Å². The van der Waals surface area contributed by atoms with Gasteiger partial charge in [-0.15, -0.1) is 0 Å². The molecule has 9 aromatic rings. The Kier molecular flexibility index (Phi) is 5.78. The van der Waals surface area contributed by atoms with E-state index in [0.717, 1.165) is 71.8 Å². The first-order chi connectivity index (χ1) is 22.3. The van der Waals surface area contributed by atoms with Crippen molar-refractivity contribution >= 4 is 43.7 Å². The lowest BCUT2D eigenvalue weighted by Gasteiger charge is -2.11. The van der Waals surface area contributed by atoms with Gasteiger partial charge in [0, 0.05) is 38.2 Å². The second kappa shape index (κ2) is 10.2. The van der Waals surface area contributed by atoms with Gasteiger partial charge in [-0.05, 0) is 35.4 Å². The molecule has 0 N–H and O–H groups in total. The van der Waals surface area contributed by atoms with Crippen molar-refractivity contribution in [2.24, 2.45) is 0 Å². The van der Waals surface area contributed by atoms with Gasteiger partial charge >= 0.3 is 0 Å². The number of hydrogen-bond donors (Lipinski definition) is 0. The van der Waals surface area contributed by atoms with E-state index in [1.54, 1.807) is 0 Å². The third-order valence-electron chi connectivity index (χ3n) is 8.48. The van der Waals surface area contributed by atoms with Crippen LogP contribution in [0.5, 0.6) is 0 Å². The smallest absolute Gasteiger partial charge is 0.162 e. The van der Waals surface area contributed by atoms with Crippen LogP contribution in [0.4, 0.5) is 0 Å². The Morgan fingerprint density at radius 2 is 0.978 bits per heavy atom. The van der Waals surface area contributed by atoms with Crippen LogP contribution in [-0.2, 0) is 0 Å². The Balaban J connectivity index is 1.21. The van der Waals surface area contributed by atoms with E-state index in [4.69, 9.17) is 19.4 Å². The summed E-state index contributed by atoms with van der Waals surface area (Å²) in [6, 6.07) is 52.0. The van der Waals surface area contributed by atoms with E-state index >= 15 is 0 Å². The average molecular weight is 576 g/mol. The molecular formula is C41H25N3O. The molecular weight excluding hydrogens is 550 g/mol. The van der Waals surface area contributed by atoms with Gasteiger partial charge in [-0.25, -0.2) is 15.0 Å². The molecule has 4 nitrogen and oxygen atoms in total. The average Bonchev–Trinajstić information content (AvgIpc) is 3.51. The van der Waals surface area contributed by atoms with Gasteiger partial charge in [0.2, 0.25) is 0 Å². The Morgan fingerprint density at radius 1 is 0.378 bits per heavy atom. The molecule has 45 heavy (non-hydrogen) atoms. The van der Waals surface area contributed by atoms with Crippen LogP contribution in [0.3, 0.4) is 0 Å². The number of fused-ring (bicyclic) bond motifs is 6. The summed E-state index contributed by atoms with van der Waals surface area (Å²) in [6.07, 6.45) is 0. The van der Waals surface area contributed by atoms with Gasteiger partial charge in [0.15, 0.2) is 11.4 Å². The Morgan fingerprint density at radius 3 is 1.80 bits per heavy atom. The lowest BCUT2D eigenvalue weighted by Crippen LogP contribution is -1.96. The first-order valence-electron chi connectivity index (χ1n) is 15.0. The monoisotopic (exact) mass is 575 g/mol. The third kappa shape index (κ3) is 4.27. The van der Waals surface area contributed by atoms with Gasteiger partial charge in [0.25, 0.3) is 0 Å². The maximum atomic E-state index is 6.47. The summed E-state index contributed by atoms with van der Waals surface area (Å²) in [4.78, 5) is 15.3. The van der Waals surface area contributed by atoms with Crippen LogP contribution in [0, 0.1) is 0 Å². The molecule has 0 amide bonds. The summed E-state index contributed by atoms with van der Waals surface area (Å²) in [6.45, 7) is 0. The van der Waals surface area contributed by atoms with E-state index in [0.29, 0.717) is 5.82 Å². The Hall–Kier alpha value is -6.13. The van der Waals surface area contributed by atoms with Crippen LogP contribution < -0.4 is 0 Å². The van der Waals surface area contributed by atoms with Crippen molar-refractivity contribution in [3.63, 3.8) is 0 Å². The summed E-state index contributed by atoms with van der Waals surface area (Å²) < 4.78 is 6.47. The van der Waals surface area contributed by atoms with Crippen LogP contribution in [-0.4, -0.2) is 15.0 Å². The fraction of sp³-hybridized carbons (Fsp3) is 0. The van der Waals surface area contributed by atoms with E-state index in [9.17, 15) is 0 Å². The second-order valence-electron chi connectivity index (χ2n) is 11.2. The van der Waals surface area contributed by atoms with Gasteiger partial charge in [0.05, 0.1) is 16.7 Å². The topological polar surface area (TPSA) is 51.8 Å². The molecule has 0 spiro atoms. The van der Waals surface area contributed by atoms with E-state index in [-0.39, 0.29) is 0 Å². The fourth-order valence-electron chi connectivity index (χ4n) is 6.31. The van der Waals surface area contributed by atoms with Gasteiger partial charge in [-0.1, -0.05) is 127 Å². The number of para-hydroxylation sites is 3. The largest absolute Gasteiger partial charge is 0.454 e. The summed E-state index contributed by atoms with van der Waals surface area (Å²) in [5.41, 5.74) is 10.5. The highest BCUT2D eigenvalue weighted by molar-refractivity contribution is 6.20. The molecule has 0 atom stereocenters. The van der Waals surface area contributed by atoms with E-state index < -0.39 is 0 Å². The number of rotatable bonds is 4. The second-order valence-corrected chi connectivity index (χ2v) is 11.2. The molecule has 0 bridgehead atoms. The molecule has 0 aliphatic heterocycles. The van der Waals surface area contributed by atoms with Crippen molar-refractivity contribution < 1.29 is 4.42 Å². The van der Waals surface area contributed by atoms with Crippen LogP contribution in [0.25, 0.3) is 88.8 Å². The van der Waals surface area contributed by atoms with Gasteiger partial charge in [-0.2, -0.15) is 0 Å². The summed E-state index contributed by atoms with van der Waals surface area (Å²) in [5, 5.41) is 4.27. The molecule has 9 rings (SSSR count). The molecule has 0 aliphatic rings. The lowest BCUT2D eigenvalue weighted by atomic mass is 10.00. The molecule has 210 valence electrons. The van der Waals surface area contributed by atoms with Gasteiger partial charge < -0.3 is 4.42 Å². The molecule has 0 fully saturated rings. The van der Waals surface area contributed by atoms with E-state index in [1.807, 2.05) is 42.5 Å². The number of benzene rings is 6. The van der Waals surface area contributed by atoms with Crippen molar-refractivity contribution in [1.82, 2.24) is 15.0 Å². The zero-order valence-corrected chi connectivity index (χ0v) is 24.2. The quantitative estimate of drug-likeness (QED) is 0.209. The SMILES string of the molecule is c1ccc(-c2ccc(-c3nc(-c4cccc(-c5nc6ccccc6c6c5oc5ccccc56)c4)nc4ccccc34)cc2)cc1. The number of furan rings is 1. The molecule has 0 radical (unpaired) electrons. The summed E-state index contributed by atoms with van der Waals surface area (Å²) in [5.74, 6) is 0.666. The van der Waals surface area contributed by atoms with Crippen molar-refractivity contribution in [2.75, 3.05) is 0 Å². The number of aromatic nitrogens is 3. The molecule has 0 unspecified atom stereocenters. The Bertz CT molecular complexity index is 2530. The van der Waals surface area contributed by atoms with Crippen molar-refractivity contribution in [3.8, 4) is 45.0 Å². The summed E-state index contributed by atoms with van der Waals surface area (Å²) >= 11 is 0.